The van der Waals surface area contributed by atoms with Gasteiger partial charge in [-0.1, -0.05) is 126 Å². The molecule has 0 radical (unpaired) electrons. The first-order valence-electron chi connectivity index (χ1n) is 13.9. The number of aliphatic imine (C=N–C) groups is 1. The monoisotopic (exact) mass is 649 g/mol. The molecule has 1 aliphatic heterocycles. The zero-order valence-electron chi connectivity index (χ0n) is 23.9. The maximum Gasteiger partial charge on any atom is 0.284 e. The Balaban J connectivity index is 1.53. The van der Waals surface area contributed by atoms with Gasteiger partial charge in [-0.15, -0.1) is 0 Å². The average molecular weight is 651 g/mol. The summed E-state index contributed by atoms with van der Waals surface area (Å²) in [6.07, 6.45) is 1.85. The molecule has 0 fully saturated rings. The number of carbonyl (C=O) groups excluding carboxylic acids is 1. The van der Waals surface area contributed by atoms with Gasteiger partial charge in [-0.3, -0.25) is 4.79 Å². The van der Waals surface area contributed by atoms with Crippen LogP contribution >= 0.6 is 41.8 Å². The first kappa shape index (κ1) is 30.0. The first-order chi connectivity index (χ1) is 21.3. The number of carbonyl (C=O) groups is 1. The number of aryl methyl sites for hydroxylation is 1. The van der Waals surface area contributed by atoms with Gasteiger partial charge in [0.15, 0.2) is 0 Å². The van der Waals surface area contributed by atoms with Crippen LogP contribution < -0.4 is 15.9 Å². The molecule has 2 heterocycles. The van der Waals surface area contributed by atoms with Crippen LogP contribution in [-0.2, 0) is 4.79 Å². The summed E-state index contributed by atoms with van der Waals surface area (Å²) in [6, 6.07) is 40.2. The summed E-state index contributed by atoms with van der Waals surface area (Å²) in [7, 11) is 0. The zero-order chi connectivity index (χ0) is 30.8. The molecule has 44 heavy (non-hydrogen) atoms. The molecular weight excluding hydrogens is 624 g/mol. The molecule has 0 N–H and O–H groups in total. The van der Waals surface area contributed by atoms with Crippen molar-refractivity contribution in [2.75, 3.05) is 0 Å². The van der Waals surface area contributed by atoms with Gasteiger partial charge in [0.1, 0.15) is 11.1 Å². The van der Waals surface area contributed by atoms with Crippen molar-refractivity contribution >= 4 is 80.1 Å². The molecule has 1 amide bonds. The minimum atomic E-state index is -2.72. The Kier molecular flexibility index (Phi) is 8.54. The Hall–Kier alpha value is -4.04. The highest BCUT2D eigenvalue weighted by molar-refractivity contribution is 8.22. The Morgan fingerprint density at radius 3 is 1.91 bits per heavy atom. The van der Waals surface area contributed by atoms with E-state index in [9.17, 15) is 10.1 Å². The van der Waals surface area contributed by atoms with Crippen molar-refractivity contribution in [1.82, 2.24) is 4.57 Å². The third-order valence-corrected chi connectivity index (χ3v) is 13.5. The van der Waals surface area contributed by atoms with Gasteiger partial charge < -0.3 is 4.57 Å². The quantitative estimate of drug-likeness (QED) is 0.138. The molecule has 6 rings (SSSR count). The molecule has 216 valence electrons. The third kappa shape index (κ3) is 5.30. The summed E-state index contributed by atoms with van der Waals surface area (Å²) in [4.78, 5) is 18.5. The second kappa shape index (κ2) is 12.5. The van der Waals surface area contributed by atoms with Crippen molar-refractivity contribution in [3.05, 3.63) is 147 Å². The van der Waals surface area contributed by atoms with E-state index in [1.165, 1.54) is 11.8 Å². The second-order valence-electron chi connectivity index (χ2n) is 10.2. The zero-order valence-corrected chi connectivity index (χ0v) is 27.1. The molecule has 5 aromatic rings. The van der Waals surface area contributed by atoms with E-state index in [-0.39, 0.29) is 5.91 Å². The lowest BCUT2D eigenvalue weighted by molar-refractivity contribution is -0.113. The number of aromatic nitrogens is 1. The van der Waals surface area contributed by atoms with E-state index in [0.29, 0.717) is 25.3 Å². The highest BCUT2D eigenvalue weighted by Crippen LogP contribution is 2.48. The largest absolute Gasteiger partial charge is 0.316 e. The highest BCUT2D eigenvalue weighted by atomic mass is 35.5. The topological polar surface area (TPSA) is 58.1 Å². The van der Waals surface area contributed by atoms with Gasteiger partial charge in [0.05, 0.1) is 20.9 Å². The van der Waals surface area contributed by atoms with E-state index in [1.807, 2.05) is 91.2 Å². The fourth-order valence-electron chi connectivity index (χ4n) is 5.67. The molecule has 0 saturated carbocycles. The predicted molar refractivity (Wildman–Crippen MR) is 189 cm³/mol. The van der Waals surface area contributed by atoms with Gasteiger partial charge in [-0.05, 0) is 72.6 Å². The number of rotatable bonds is 6. The SMILES string of the molecule is Cc1cc(/C=C2\SC(C(C#N)=P(c3ccccc3)(c3ccccc3)c3ccccc3)=NC2=O)c(C)n1-c1cc(Cl)ccc1Cl. The van der Waals surface area contributed by atoms with Gasteiger partial charge in [-0.25, -0.2) is 4.99 Å². The summed E-state index contributed by atoms with van der Waals surface area (Å²) in [6.45, 7) is 1.24. The fraction of sp³-hybridized carbons (Fsp3) is 0.0556. The van der Waals surface area contributed by atoms with Gasteiger partial charge in [0.2, 0.25) is 0 Å². The Morgan fingerprint density at radius 2 is 1.39 bits per heavy atom. The summed E-state index contributed by atoms with van der Waals surface area (Å²) in [5.41, 5.74) is 3.48. The maximum atomic E-state index is 13.5. The van der Waals surface area contributed by atoms with Crippen molar-refractivity contribution in [2.24, 2.45) is 4.99 Å². The van der Waals surface area contributed by atoms with Crippen LogP contribution in [-0.4, -0.2) is 20.8 Å². The number of hydrogen-bond donors (Lipinski definition) is 0. The molecule has 4 aromatic carbocycles. The van der Waals surface area contributed by atoms with Crippen LogP contribution in [0.2, 0.25) is 10.0 Å². The number of hydrogen-bond acceptors (Lipinski definition) is 3. The summed E-state index contributed by atoms with van der Waals surface area (Å²) in [5.74, 6) is -0.365. The number of nitriles is 1. The predicted octanol–water partition coefficient (Wildman–Crippen LogP) is 8.10. The van der Waals surface area contributed by atoms with Crippen LogP contribution in [0.1, 0.15) is 17.0 Å². The van der Waals surface area contributed by atoms with Gasteiger partial charge in [-0.2, -0.15) is 5.26 Å². The van der Waals surface area contributed by atoms with Crippen LogP contribution in [0.4, 0.5) is 0 Å². The van der Waals surface area contributed by atoms with Crippen molar-refractivity contribution in [1.29, 1.82) is 5.26 Å². The fourth-order valence-corrected chi connectivity index (χ4v) is 11.4. The molecule has 1 aliphatic rings. The lowest BCUT2D eigenvalue weighted by Gasteiger charge is -2.30. The maximum absolute atomic E-state index is 13.5. The van der Waals surface area contributed by atoms with Crippen LogP contribution in [0.15, 0.2) is 125 Å². The van der Waals surface area contributed by atoms with Crippen LogP contribution in [0.5, 0.6) is 0 Å². The number of thioether (sulfide) groups is 1. The van der Waals surface area contributed by atoms with Gasteiger partial charge in [0.25, 0.3) is 5.91 Å². The summed E-state index contributed by atoms with van der Waals surface area (Å²) < 4.78 is 2.02. The van der Waals surface area contributed by atoms with Crippen LogP contribution in [0, 0.1) is 25.2 Å². The van der Waals surface area contributed by atoms with E-state index in [4.69, 9.17) is 23.2 Å². The standard InChI is InChI=1S/C36H26Cl2N3OPS/c1-24-20-26(25(2)41(24)32-22-27(37)18-19-31(32)38)21-34-35(42)40-36(44-34)33(23-39)43(28-12-6-3-7-13-28,29-14-8-4-9-15-29)30-16-10-5-11-17-30/h3-22H,1-2H3/b34-21-. The Bertz CT molecular complexity index is 1960. The lowest BCUT2D eigenvalue weighted by Crippen LogP contribution is -2.32. The molecule has 4 nitrogen and oxygen atoms in total. The Morgan fingerprint density at radius 1 is 0.841 bits per heavy atom. The first-order valence-corrected chi connectivity index (χ1v) is 17.2. The lowest BCUT2D eigenvalue weighted by atomic mass is 10.2. The minimum Gasteiger partial charge on any atom is -0.316 e. The third-order valence-electron chi connectivity index (χ3n) is 7.60. The van der Waals surface area contributed by atoms with Gasteiger partial charge >= 0.3 is 0 Å². The average Bonchev–Trinajstić information content (AvgIpc) is 3.55. The molecule has 0 bridgehead atoms. The summed E-state index contributed by atoms with van der Waals surface area (Å²) in [5, 5.41) is 16.1. The van der Waals surface area contributed by atoms with Crippen LogP contribution in [0.25, 0.3) is 11.8 Å². The van der Waals surface area contributed by atoms with E-state index >= 15 is 0 Å². The molecular formula is C36H26Cl2N3OPS. The Labute approximate surface area is 271 Å². The van der Waals surface area contributed by atoms with Crippen molar-refractivity contribution in [3.8, 4) is 11.8 Å². The van der Waals surface area contributed by atoms with Crippen LogP contribution in [0.3, 0.4) is 0 Å². The molecule has 0 aliphatic carbocycles. The molecule has 8 heteroatoms. The van der Waals surface area contributed by atoms with E-state index < -0.39 is 6.89 Å². The molecule has 0 saturated heterocycles. The van der Waals surface area contributed by atoms with Gasteiger partial charge in [0, 0.05) is 16.4 Å². The van der Waals surface area contributed by atoms with E-state index in [0.717, 1.165) is 38.6 Å². The van der Waals surface area contributed by atoms with E-state index in [2.05, 4.69) is 47.5 Å². The van der Waals surface area contributed by atoms with E-state index in [1.54, 1.807) is 12.1 Å². The molecule has 1 aromatic heterocycles. The van der Waals surface area contributed by atoms with Crippen molar-refractivity contribution < 1.29 is 4.79 Å². The van der Waals surface area contributed by atoms with Crippen molar-refractivity contribution in [2.45, 2.75) is 13.8 Å². The normalized spacial score (nSPS) is 14.0. The molecule has 0 unspecified atom stereocenters. The minimum absolute atomic E-state index is 0.365. The number of halogens is 2. The van der Waals surface area contributed by atoms with Crippen molar-refractivity contribution in [3.63, 3.8) is 0 Å². The second-order valence-corrected chi connectivity index (χ2v) is 15.4. The number of nitrogens with zero attached hydrogens (tertiary/aromatic N) is 3. The summed E-state index contributed by atoms with van der Waals surface area (Å²) >= 11 is 14.1. The highest BCUT2D eigenvalue weighted by Gasteiger charge is 2.36. The smallest absolute Gasteiger partial charge is 0.284 e. The number of benzene rings is 4. The molecule has 0 spiro atoms. The molecule has 0 atom stereocenters. The number of amides is 1.